The molecule has 5 heteroatoms. The van der Waals surface area contributed by atoms with Crippen LogP contribution in [0.3, 0.4) is 0 Å². The van der Waals surface area contributed by atoms with Gasteiger partial charge in [-0.25, -0.2) is 0 Å². The Balaban J connectivity index is 1.43. The van der Waals surface area contributed by atoms with Gasteiger partial charge in [-0.2, -0.15) is 0 Å². The van der Waals surface area contributed by atoms with Gasteiger partial charge >= 0.3 is 0 Å². The highest BCUT2D eigenvalue weighted by Gasteiger charge is 2.31. The van der Waals surface area contributed by atoms with Gasteiger partial charge in [0.25, 0.3) is 5.91 Å². The van der Waals surface area contributed by atoms with Crippen LogP contribution in [0.4, 0.5) is 0 Å². The summed E-state index contributed by atoms with van der Waals surface area (Å²) in [6.45, 7) is 12.8. The smallest absolute Gasteiger partial charge is 0.254 e. The minimum atomic E-state index is 0.178. The molecule has 2 aliphatic heterocycles. The summed E-state index contributed by atoms with van der Waals surface area (Å²) >= 11 is 0. The van der Waals surface area contributed by atoms with E-state index in [1.165, 1.54) is 25.9 Å². The molecule has 1 aromatic carbocycles. The summed E-state index contributed by atoms with van der Waals surface area (Å²) in [5.74, 6) is 1.04. The van der Waals surface area contributed by atoms with Crippen molar-refractivity contribution in [3.8, 4) is 5.75 Å². The zero-order valence-corrected chi connectivity index (χ0v) is 18.4. The molecule has 0 N–H and O–H groups in total. The van der Waals surface area contributed by atoms with Gasteiger partial charge in [0.05, 0.1) is 6.61 Å². The number of hydrogen-bond acceptors (Lipinski definition) is 4. The highest BCUT2D eigenvalue weighted by molar-refractivity contribution is 5.94. The Morgan fingerprint density at radius 3 is 2.45 bits per heavy atom. The number of nitrogens with zero attached hydrogens (tertiary/aromatic N) is 3. The van der Waals surface area contributed by atoms with E-state index in [-0.39, 0.29) is 5.91 Å². The SMILES string of the molecule is CCN(CC)CCCCOc1ccc(C(=O)N2CCC[C@H]2CN2CCCC2)cc1. The summed E-state index contributed by atoms with van der Waals surface area (Å²) in [5.41, 5.74) is 0.784. The van der Waals surface area contributed by atoms with E-state index in [1.807, 2.05) is 24.3 Å². The second-order valence-corrected chi connectivity index (χ2v) is 8.41. The normalized spacial score (nSPS) is 20.0. The molecular formula is C24H39N3O2. The predicted molar refractivity (Wildman–Crippen MR) is 119 cm³/mol. The van der Waals surface area contributed by atoms with Gasteiger partial charge in [0.1, 0.15) is 5.75 Å². The Morgan fingerprint density at radius 2 is 1.76 bits per heavy atom. The zero-order valence-electron chi connectivity index (χ0n) is 18.4. The van der Waals surface area contributed by atoms with Crippen molar-refractivity contribution in [3.63, 3.8) is 0 Å². The maximum absolute atomic E-state index is 13.0. The highest BCUT2D eigenvalue weighted by Crippen LogP contribution is 2.23. The minimum absolute atomic E-state index is 0.178. The lowest BCUT2D eigenvalue weighted by Gasteiger charge is -2.28. The third kappa shape index (κ3) is 6.45. The van der Waals surface area contributed by atoms with Crippen LogP contribution in [0.15, 0.2) is 24.3 Å². The predicted octanol–water partition coefficient (Wildman–Crippen LogP) is 3.89. The largest absolute Gasteiger partial charge is 0.494 e. The van der Waals surface area contributed by atoms with Gasteiger partial charge in [0, 0.05) is 24.7 Å². The van der Waals surface area contributed by atoms with Crippen molar-refractivity contribution < 1.29 is 9.53 Å². The van der Waals surface area contributed by atoms with Gasteiger partial charge < -0.3 is 19.4 Å². The fourth-order valence-corrected chi connectivity index (χ4v) is 4.58. The van der Waals surface area contributed by atoms with Crippen LogP contribution < -0.4 is 4.74 Å². The molecule has 2 heterocycles. The molecule has 29 heavy (non-hydrogen) atoms. The van der Waals surface area contributed by atoms with Gasteiger partial charge in [0.15, 0.2) is 0 Å². The molecule has 2 saturated heterocycles. The molecule has 0 aliphatic carbocycles. The molecule has 1 atom stereocenters. The number of rotatable bonds is 11. The number of benzene rings is 1. The quantitative estimate of drug-likeness (QED) is 0.527. The number of ether oxygens (including phenoxy) is 1. The van der Waals surface area contributed by atoms with Crippen LogP contribution in [0.1, 0.15) is 62.7 Å². The number of unbranched alkanes of at least 4 members (excludes halogenated alkanes) is 1. The molecule has 0 aromatic heterocycles. The molecule has 1 aromatic rings. The van der Waals surface area contributed by atoms with Crippen molar-refractivity contribution in [1.82, 2.24) is 14.7 Å². The minimum Gasteiger partial charge on any atom is -0.494 e. The molecule has 3 rings (SSSR count). The van der Waals surface area contributed by atoms with Gasteiger partial charge in [-0.3, -0.25) is 4.79 Å². The van der Waals surface area contributed by atoms with Crippen molar-refractivity contribution >= 4 is 5.91 Å². The van der Waals surface area contributed by atoms with E-state index in [1.54, 1.807) is 0 Å². The van der Waals surface area contributed by atoms with E-state index >= 15 is 0 Å². The summed E-state index contributed by atoms with van der Waals surface area (Å²) in [7, 11) is 0. The van der Waals surface area contributed by atoms with Gasteiger partial charge in [-0.05, 0) is 95.5 Å². The fraction of sp³-hybridized carbons (Fsp3) is 0.708. The number of likely N-dealkylation sites (tertiary alicyclic amines) is 2. The third-order valence-electron chi connectivity index (χ3n) is 6.44. The Kier molecular flexibility index (Phi) is 8.81. The summed E-state index contributed by atoms with van der Waals surface area (Å²) in [4.78, 5) is 20.1. The first-order valence-corrected chi connectivity index (χ1v) is 11.7. The van der Waals surface area contributed by atoms with Crippen molar-refractivity contribution in [2.75, 3.05) is 52.4 Å². The van der Waals surface area contributed by atoms with Crippen LogP contribution in [-0.4, -0.2) is 79.1 Å². The molecule has 1 amide bonds. The van der Waals surface area contributed by atoms with Crippen LogP contribution in [0.2, 0.25) is 0 Å². The van der Waals surface area contributed by atoms with Crippen LogP contribution in [0, 0.1) is 0 Å². The maximum atomic E-state index is 13.0. The van der Waals surface area contributed by atoms with Crippen molar-refractivity contribution in [3.05, 3.63) is 29.8 Å². The zero-order chi connectivity index (χ0) is 20.5. The average molecular weight is 402 g/mol. The lowest BCUT2D eigenvalue weighted by molar-refractivity contribution is 0.0708. The summed E-state index contributed by atoms with van der Waals surface area (Å²) < 4.78 is 5.88. The summed E-state index contributed by atoms with van der Waals surface area (Å²) in [6.07, 6.45) is 7.08. The molecule has 0 radical (unpaired) electrons. The van der Waals surface area contributed by atoms with Gasteiger partial charge in [-0.1, -0.05) is 13.8 Å². The monoisotopic (exact) mass is 401 g/mol. The number of carbonyl (C=O) groups excluding carboxylic acids is 1. The number of amides is 1. The maximum Gasteiger partial charge on any atom is 0.254 e. The number of hydrogen-bond donors (Lipinski definition) is 0. The van der Waals surface area contributed by atoms with Gasteiger partial charge in [0.2, 0.25) is 0 Å². The molecule has 5 nitrogen and oxygen atoms in total. The molecule has 0 spiro atoms. The lowest BCUT2D eigenvalue weighted by atomic mass is 10.1. The van der Waals surface area contributed by atoms with Crippen LogP contribution in [0.25, 0.3) is 0 Å². The van der Waals surface area contributed by atoms with E-state index in [2.05, 4.69) is 28.5 Å². The Morgan fingerprint density at radius 1 is 1.03 bits per heavy atom. The third-order valence-corrected chi connectivity index (χ3v) is 6.44. The fourth-order valence-electron chi connectivity index (χ4n) is 4.58. The van der Waals surface area contributed by atoms with E-state index in [4.69, 9.17) is 4.74 Å². The van der Waals surface area contributed by atoms with Crippen molar-refractivity contribution in [2.45, 2.75) is 58.4 Å². The van der Waals surface area contributed by atoms with E-state index < -0.39 is 0 Å². The van der Waals surface area contributed by atoms with E-state index in [9.17, 15) is 4.79 Å². The molecule has 2 aliphatic rings. The van der Waals surface area contributed by atoms with Crippen LogP contribution in [-0.2, 0) is 0 Å². The van der Waals surface area contributed by atoms with Gasteiger partial charge in [-0.15, -0.1) is 0 Å². The Bertz CT molecular complexity index is 609. The number of carbonyl (C=O) groups is 1. The first-order valence-electron chi connectivity index (χ1n) is 11.7. The molecule has 0 unspecified atom stereocenters. The topological polar surface area (TPSA) is 36.0 Å². The first-order chi connectivity index (χ1) is 14.2. The van der Waals surface area contributed by atoms with Crippen LogP contribution in [0.5, 0.6) is 5.75 Å². The average Bonchev–Trinajstić information content (AvgIpc) is 3.43. The van der Waals surface area contributed by atoms with Crippen molar-refractivity contribution in [2.24, 2.45) is 0 Å². The molecular weight excluding hydrogens is 362 g/mol. The van der Waals surface area contributed by atoms with Crippen LogP contribution >= 0.6 is 0 Å². The van der Waals surface area contributed by atoms with E-state index in [0.29, 0.717) is 6.04 Å². The molecule has 0 bridgehead atoms. The molecule has 162 valence electrons. The van der Waals surface area contributed by atoms with E-state index in [0.717, 1.165) is 76.3 Å². The standard InChI is InChI=1S/C24H39N3O2/c1-3-25(4-2)15-7-8-19-29-23-13-11-21(12-14-23)24(28)27-18-9-10-22(27)20-26-16-5-6-17-26/h11-14,22H,3-10,15-20H2,1-2H3/t22-/m0/s1. The lowest BCUT2D eigenvalue weighted by Crippen LogP contribution is -2.42. The summed E-state index contributed by atoms with van der Waals surface area (Å²) in [6, 6.07) is 8.13. The molecule has 0 saturated carbocycles. The summed E-state index contributed by atoms with van der Waals surface area (Å²) in [5, 5.41) is 0. The highest BCUT2D eigenvalue weighted by atomic mass is 16.5. The second-order valence-electron chi connectivity index (χ2n) is 8.41. The Hall–Kier alpha value is -1.59. The van der Waals surface area contributed by atoms with Crippen molar-refractivity contribution in [1.29, 1.82) is 0 Å². The Labute approximate surface area is 177 Å². The first kappa shape index (κ1) is 22.1. The molecule has 2 fully saturated rings. The second kappa shape index (κ2) is 11.6.